The molecule has 3 rings (SSSR count). The Hall–Kier alpha value is -1.50. The Kier molecular flexibility index (Phi) is 3.22. The third-order valence-electron chi connectivity index (χ3n) is 4.16. The van der Waals surface area contributed by atoms with Crippen LogP contribution in [0, 0.1) is 0 Å². The molecule has 1 fully saturated rings. The molecule has 0 spiro atoms. The van der Waals surface area contributed by atoms with Crippen LogP contribution in [0.4, 0.5) is 0 Å². The molecule has 0 N–H and O–H groups in total. The van der Waals surface area contributed by atoms with Crippen LogP contribution < -0.4 is 4.74 Å². The predicted octanol–water partition coefficient (Wildman–Crippen LogP) is 4.90. The minimum Gasteiger partial charge on any atom is -0.496 e. The van der Waals surface area contributed by atoms with Crippen molar-refractivity contribution >= 4 is 10.8 Å². The summed E-state index contributed by atoms with van der Waals surface area (Å²) >= 11 is 0. The Morgan fingerprint density at radius 1 is 0.944 bits per heavy atom. The van der Waals surface area contributed by atoms with Crippen LogP contribution >= 0.6 is 0 Å². The van der Waals surface area contributed by atoms with Crippen molar-refractivity contribution in [2.45, 2.75) is 38.0 Å². The van der Waals surface area contributed by atoms with Crippen molar-refractivity contribution in [3.8, 4) is 5.75 Å². The highest BCUT2D eigenvalue weighted by Crippen LogP contribution is 2.41. The lowest BCUT2D eigenvalue weighted by atomic mass is 9.81. The summed E-state index contributed by atoms with van der Waals surface area (Å²) in [6.07, 6.45) is 6.73. The average molecular weight is 240 g/mol. The van der Waals surface area contributed by atoms with Crippen molar-refractivity contribution < 1.29 is 4.74 Å². The molecule has 1 saturated carbocycles. The van der Waals surface area contributed by atoms with Crippen molar-refractivity contribution in [2.75, 3.05) is 7.11 Å². The third kappa shape index (κ3) is 1.98. The van der Waals surface area contributed by atoms with Gasteiger partial charge in [0.25, 0.3) is 0 Å². The minimum absolute atomic E-state index is 0.680. The topological polar surface area (TPSA) is 9.23 Å². The summed E-state index contributed by atoms with van der Waals surface area (Å²) in [5, 5.41) is 2.71. The van der Waals surface area contributed by atoms with Gasteiger partial charge in [0.05, 0.1) is 7.11 Å². The number of rotatable bonds is 2. The van der Waals surface area contributed by atoms with E-state index in [2.05, 4.69) is 36.4 Å². The number of benzene rings is 2. The maximum atomic E-state index is 5.61. The molecule has 1 nitrogen and oxygen atoms in total. The second-order valence-electron chi connectivity index (χ2n) is 5.24. The van der Waals surface area contributed by atoms with E-state index in [-0.39, 0.29) is 0 Å². The Balaban J connectivity index is 2.16. The molecule has 0 amide bonds. The first-order valence-corrected chi connectivity index (χ1v) is 6.96. The maximum Gasteiger partial charge on any atom is 0.122 e. The first kappa shape index (κ1) is 11.6. The molecule has 0 radical (unpaired) electrons. The fourth-order valence-corrected chi connectivity index (χ4v) is 3.27. The van der Waals surface area contributed by atoms with Crippen molar-refractivity contribution in [3.05, 3.63) is 42.0 Å². The third-order valence-corrected chi connectivity index (χ3v) is 4.16. The van der Waals surface area contributed by atoms with Crippen LogP contribution in [-0.2, 0) is 0 Å². The van der Waals surface area contributed by atoms with Crippen LogP contribution in [-0.4, -0.2) is 7.11 Å². The molecule has 2 aromatic rings. The summed E-state index contributed by atoms with van der Waals surface area (Å²) in [6, 6.07) is 13.0. The van der Waals surface area contributed by atoms with Crippen LogP contribution in [0.5, 0.6) is 5.75 Å². The Morgan fingerprint density at radius 2 is 1.72 bits per heavy atom. The zero-order valence-corrected chi connectivity index (χ0v) is 11.0. The molecule has 0 heterocycles. The van der Waals surface area contributed by atoms with E-state index in [1.54, 1.807) is 7.11 Å². The lowest BCUT2D eigenvalue weighted by Gasteiger charge is -2.25. The van der Waals surface area contributed by atoms with Gasteiger partial charge in [0, 0.05) is 5.56 Å². The van der Waals surface area contributed by atoms with Crippen molar-refractivity contribution in [3.63, 3.8) is 0 Å². The number of hydrogen-bond donors (Lipinski definition) is 0. The van der Waals surface area contributed by atoms with E-state index in [1.807, 2.05) is 0 Å². The first-order chi connectivity index (χ1) is 8.90. The summed E-state index contributed by atoms with van der Waals surface area (Å²) in [6.45, 7) is 0. The highest BCUT2D eigenvalue weighted by Gasteiger charge is 2.21. The Morgan fingerprint density at radius 3 is 2.50 bits per heavy atom. The Labute approximate surface area is 109 Å². The van der Waals surface area contributed by atoms with Gasteiger partial charge in [-0.05, 0) is 35.6 Å². The van der Waals surface area contributed by atoms with E-state index in [0.717, 1.165) is 5.75 Å². The molecule has 0 atom stereocenters. The van der Waals surface area contributed by atoms with Gasteiger partial charge in [-0.1, -0.05) is 49.6 Å². The predicted molar refractivity (Wildman–Crippen MR) is 76.3 cm³/mol. The number of hydrogen-bond acceptors (Lipinski definition) is 1. The van der Waals surface area contributed by atoms with Crippen molar-refractivity contribution in [1.29, 1.82) is 0 Å². The Bertz CT molecular complexity index is 538. The van der Waals surface area contributed by atoms with E-state index < -0.39 is 0 Å². The van der Waals surface area contributed by atoms with Gasteiger partial charge >= 0.3 is 0 Å². The highest BCUT2D eigenvalue weighted by atomic mass is 16.5. The lowest BCUT2D eigenvalue weighted by molar-refractivity contribution is 0.389. The second-order valence-corrected chi connectivity index (χ2v) is 5.24. The largest absolute Gasteiger partial charge is 0.496 e. The molecule has 94 valence electrons. The SMILES string of the molecule is COc1ccc2ccccc2c1C1CCCCC1. The van der Waals surface area contributed by atoms with Crippen molar-refractivity contribution in [1.82, 2.24) is 0 Å². The van der Waals surface area contributed by atoms with E-state index in [0.29, 0.717) is 5.92 Å². The molecule has 18 heavy (non-hydrogen) atoms. The molecular weight excluding hydrogens is 220 g/mol. The fourth-order valence-electron chi connectivity index (χ4n) is 3.27. The molecular formula is C17H20O. The summed E-state index contributed by atoms with van der Waals surface area (Å²) in [5.74, 6) is 1.75. The van der Waals surface area contributed by atoms with E-state index >= 15 is 0 Å². The van der Waals surface area contributed by atoms with Crippen molar-refractivity contribution in [2.24, 2.45) is 0 Å². The van der Waals surface area contributed by atoms with Gasteiger partial charge < -0.3 is 4.74 Å². The maximum absolute atomic E-state index is 5.61. The zero-order chi connectivity index (χ0) is 12.4. The van der Waals surface area contributed by atoms with Gasteiger partial charge in [0.1, 0.15) is 5.75 Å². The van der Waals surface area contributed by atoms with Gasteiger partial charge in [0.15, 0.2) is 0 Å². The second kappa shape index (κ2) is 5.01. The number of fused-ring (bicyclic) bond motifs is 1. The van der Waals surface area contributed by atoms with Gasteiger partial charge in [-0.3, -0.25) is 0 Å². The van der Waals surface area contributed by atoms with Gasteiger partial charge in [-0.2, -0.15) is 0 Å². The highest BCUT2D eigenvalue weighted by molar-refractivity contribution is 5.88. The summed E-state index contributed by atoms with van der Waals surface area (Å²) in [7, 11) is 1.79. The van der Waals surface area contributed by atoms with Crippen LogP contribution in [0.1, 0.15) is 43.6 Å². The molecule has 1 heteroatoms. The minimum atomic E-state index is 0.680. The molecule has 1 aliphatic rings. The summed E-state index contributed by atoms with van der Waals surface area (Å²) in [5.41, 5.74) is 1.44. The van der Waals surface area contributed by atoms with E-state index in [9.17, 15) is 0 Å². The fraction of sp³-hybridized carbons (Fsp3) is 0.412. The van der Waals surface area contributed by atoms with Crippen LogP contribution in [0.25, 0.3) is 10.8 Å². The summed E-state index contributed by atoms with van der Waals surface area (Å²) in [4.78, 5) is 0. The number of methoxy groups -OCH3 is 1. The normalized spacial score (nSPS) is 16.9. The molecule has 1 aliphatic carbocycles. The van der Waals surface area contributed by atoms with E-state index in [1.165, 1.54) is 48.4 Å². The smallest absolute Gasteiger partial charge is 0.122 e. The van der Waals surface area contributed by atoms with E-state index in [4.69, 9.17) is 4.74 Å². The van der Waals surface area contributed by atoms with Gasteiger partial charge in [-0.15, -0.1) is 0 Å². The summed E-state index contributed by atoms with van der Waals surface area (Å²) < 4.78 is 5.61. The first-order valence-electron chi connectivity index (χ1n) is 6.96. The van der Waals surface area contributed by atoms with Gasteiger partial charge in [-0.25, -0.2) is 0 Å². The number of ether oxygens (including phenoxy) is 1. The molecule has 2 aromatic carbocycles. The quantitative estimate of drug-likeness (QED) is 0.725. The molecule has 0 unspecified atom stereocenters. The van der Waals surface area contributed by atoms with Gasteiger partial charge in [0.2, 0.25) is 0 Å². The average Bonchev–Trinajstić information content (AvgIpc) is 2.47. The van der Waals surface area contributed by atoms with Crippen LogP contribution in [0.3, 0.4) is 0 Å². The van der Waals surface area contributed by atoms with Crippen LogP contribution in [0.15, 0.2) is 36.4 Å². The molecule has 0 saturated heterocycles. The zero-order valence-electron chi connectivity index (χ0n) is 11.0. The van der Waals surface area contributed by atoms with Crippen LogP contribution in [0.2, 0.25) is 0 Å². The monoisotopic (exact) mass is 240 g/mol. The lowest BCUT2D eigenvalue weighted by Crippen LogP contribution is -2.07. The molecule has 0 bridgehead atoms. The molecule has 0 aliphatic heterocycles. The molecule has 0 aromatic heterocycles. The standard InChI is InChI=1S/C17H20O/c1-18-16-12-11-13-7-5-6-10-15(13)17(16)14-8-3-2-4-9-14/h5-7,10-12,14H,2-4,8-9H2,1H3.